The molecule has 214 valence electrons. The molecule has 0 aliphatic rings. The van der Waals surface area contributed by atoms with Gasteiger partial charge in [0.25, 0.3) is 0 Å². The summed E-state index contributed by atoms with van der Waals surface area (Å²) in [5.74, 6) is 2.53. The van der Waals surface area contributed by atoms with Gasteiger partial charge in [-0.25, -0.2) is 0 Å². The Kier molecular flexibility index (Phi) is 10.2. The molecule has 0 fully saturated rings. The third kappa shape index (κ3) is 6.17. The van der Waals surface area contributed by atoms with E-state index in [1.165, 1.54) is 45.5 Å². The first-order valence-electron chi connectivity index (χ1n) is 14.5. The van der Waals surface area contributed by atoms with Crippen LogP contribution in [-0.2, 0) is 14.5 Å². The van der Waals surface area contributed by atoms with Gasteiger partial charge in [0, 0.05) is 0 Å². The van der Waals surface area contributed by atoms with Crippen molar-refractivity contribution < 1.29 is 14.5 Å². The molecule has 3 rings (SSSR count). The molecule has 2 heteroatoms. The summed E-state index contributed by atoms with van der Waals surface area (Å²) < 4.78 is 4.17. The number of rotatable bonds is 9. The van der Waals surface area contributed by atoms with Crippen molar-refractivity contribution in [3.05, 3.63) is 88.0 Å². The Hall–Kier alpha value is -1.39. The van der Waals surface area contributed by atoms with Crippen molar-refractivity contribution in [3.8, 4) is 0 Å². The van der Waals surface area contributed by atoms with Crippen LogP contribution in [0, 0.1) is 0 Å². The van der Waals surface area contributed by atoms with Gasteiger partial charge in [-0.3, -0.25) is 0 Å². The summed E-state index contributed by atoms with van der Waals surface area (Å²) in [5, 5.41) is 0. The zero-order valence-corrected chi connectivity index (χ0v) is 28.2. The Bertz CT molecular complexity index is 1090. The van der Waals surface area contributed by atoms with E-state index < -0.39 is 14.5 Å². The van der Waals surface area contributed by atoms with Crippen molar-refractivity contribution in [2.75, 3.05) is 0 Å². The monoisotopic (exact) mass is 624 g/mol. The second-order valence-electron chi connectivity index (χ2n) is 12.6. The van der Waals surface area contributed by atoms with Crippen molar-refractivity contribution in [3.63, 3.8) is 0 Å². The molecule has 0 aliphatic heterocycles. The van der Waals surface area contributed by atoms with Crippen LogP contribution in [0.3, 0.4) is 0 Å². The van der Waals surface area contributed by atoms with Crippen LogP contribution in [0.4, 0.5) is 0 Å². The van der Waals surface area contributed by atoms with Crippen LogP contribution in [0.1, 0.15) is 152 Å². The first kappa shape index (κ1) is 31.1. The fourth-order valence-corrected chi connectivity index (χ4v) is 13.3. The maximum atomic E-state index is 8.54. The summed E-state index contributed by atoms with van der Waals surface area (Å²) in [4.78, 5) is 0. The van der Waals surface area contributed by atoms with Gasteiger partial charge in [0.15, 0.2) is 0 Å². The van der Waals surface area contributed by atoms with Crippen molar-refractivity contribution >= 4 is 21.6 Å². The molecule has 0 radical (unpaired) electrons. The van der Waals surface area contributed by atoms with E-state index in [0.717, 1.165) is 0 Å². The molecule has 0 N–H and O–H groups in total. The SMILES string of the molecule is CC(C)c1ccc(C(C)C)[c]([Pd-2]([Cl])([c]2cc(C(C)C)ccc2C(C)C)[c]2cc(C(C)C)ccc2C(C)C)c1. The van der Waals surface area contributed by atoms with E-state index in [9.17, 15) is 0 Å². The third-order valence-corrected chi connectivity index (χ3v) is 15.3. The molecule has 0 unspecified atom stereocenters. The van der Waals surface area contributed by atoms with Gasteiger partial charge in [0.1, 0.15) is 0 Å². The minimum absolute atomic E-state index is 0.395. The quantitative estimate of drug-likeness (QED) is 0.208. The predicted molar refractivity (Wildman–Crippen MR) is 169 cm³/mol. The van der Waals surface area contributed by atoms with E-state index in [0.29, 0.717) is 35.5 Å². The normalized spacial score (nSPS) is 13.1. The molecule has 0 heterocycles. The van der Waals surface area contributed by atoms with Crippen LogP contribution in [0.2, 0.25) is 0 Å². The van der Waals surface area contributed by atoms with Crippen LogP contribution in [0.5, 0.6) is 0 Å². The third-order valence-electron chi connectivity index (χ3n) is 7.56. The molecular formula is C36H51ClPd-2. The molecule has 0 atom stereocenters. The fourth-order valence-electron chi connectivity index (χ4n) is 4.85. The van der Waals surface area contributed by atoms with Gasteiger partial charge in [0.2, 0.25) is 0 Å². The molecule has 0 bridgehead atoms. The number of hydrogen-bond acceptors (Lipinski definition) is 0. The average Bonchev–Trinajstić information content (AvgIpc) is 2.86. The molecule has 0 saturated carbocycles. The molecule has 0 aliphatic carbocycles. The van der Waals surface area contributed by atoms with E-state index in [-0.39, 0.29) is 0 Å². The Morgan fingerprint density at radius 2 is 0.632 bits per heavy atom. The summed E-state index contributed by atoms with van der Waals surface area (Å²) in [6.07, 6.45) is 0. The number of halogens is 1. The van der Waals surface area contributed by atoms with Crippen molar-refractivity contribution in [2.24, 2.45) is 0 Å². The zero-order chi connectivity index (χ0) is 28.5. The minimum atomic E-state index is -3.13. The zero-order valence-electron chi connectivity index (χ0n) is 25.9. The van der Waals surface area contributed by atoms with Gasteiger partial charge in [-0.1, -0.05) is 0 Å². The molecule has 3 aromatic rings. The summed E-state index contributed by atoms with van der Waals surface area (Å²) in [7, 11) is 8.54. The summed E-state index contributed by atoms with van der Waals surface area (Å²) >= 11 is -3.13. The van der Waals surface area contributed by atoms with Gasteiger partial charge < -0.3 is 0 Å². The van der Waals surface area contributed by atoms with E-state index in [2.05, 4.69) is 138 Å². The Balaban J connectivity index is 2.64. The Morgan fingerprint density at radius 3 is 0.816 bits per heavy atom. The van der Waals surface area contributed by atoms with E-state index >= 15 is 0 Å². The van der Waals surface area contributed by atoms with E-state index in [1.54, 1.807) is 0 Å². The average molecular weight is 626 g/mol. The van der Waals surface area contributed by atoms with Crippen LogP contribution < -0.4 is 12.1 Å². The topological polar surface area (TPSA) is 0 Å². The molecule has 0 saturated heterocycles. The second kappa shape index (κ2) is 12.4. The van der Waals surface area contributed by atoms with Gasteiger partial charge >= 0.3 is 243 Å². The standard InChI is InChI=1S/3C12H17.ClH.Pd/c3*1-9(2)11-5-7-12(8-6-11)10(3)4;;/h3*5-7,9-10H,1-4H3;1H;/q;;;;-1/p-1. The van der Waals surface area contributed by atoms with Gasteiger partial charge in [-0.15, -0.1) is 0 Å². The number of benzene rings is 3. The van der Waals surface area contributed by atoms with Crippen molar-refractivity contribution in [1.29, 1.82) is 0 Å². The number of hydrogen-bond donors (Lipinski definition) is 0. The fraction of sp³-hybridized carbons (Fsp3) is 0.500. The molecule has 0 spiro atoms. The van der Waals surface area contributed by atoms with Crippen LogP contribution in [0.25, 0.3) is 0 Å². The molecule has 38 heavy (non-hydrogen) atoms. The molecule has 0 nitrogen and oxygen atoms in total. The van der Waals surface area contributed by atoms with Gasteiger partial charge in [0.05, 0.1) is 0 Å². The maximum absolute atomic E-state index is 8.54. The first-order valence-corrected chi connectivity index (χ1v) is 18.8. The predicted octanol–water partition coefficient (Wildman–Crippen LogP) is 10.0. The Morgan fingerprint density at radius 1 is 0.395 bits per heavy atom. The van der Waals surface area contributed by atoms with Crippen LogP contribution in [0.15, 0.2) is 54.6 Å². The molecule has 0 amide bonds. The summed E-state index contributed by atoms with van der Waals surface area (Å²) in [5.41, 5.74) is 8.33. The van der Waals surface area contributed by atoms with Gasteiger partial charge in [-0.2, -0.15) is 0 Å². The van der Waals surface area contributed by atoms with Gasteiger partial charge in [-0.05, 0) is 0 Å². The summed E-state index contributed by atoms with van der Waals surface area (Å²) in [6.45, 7) is 27.7. The molecule has 3 aromatic carbocycles. The summed E-state index contributed by atoms with van der Waals surface area (Å²) in [6, 6.07) is 21.6. The van der Waals surface area contributed by atoms with Crippen LogP contribution >= 0.6 is 9.53 Å². The van der Waals surface area contributed by atoms with E-state index in [4.69, 9.17) is 9.53 Å². The second-order valence-corrected chi connectivity index (χ2v) is 19.3. The van der Waals surface area contributed by atoms with E-state index in [1.807, 2.05) is 0 Å². The molecular weight excluding hydrogens is 574 g/mol. The van der Waals surface area contributed by atoms with Crippen molar-refractivity contribution in [1.82, 2.24) is 0 Å². The van der Waals surface area contributed by atoms with Crippen molar-refractivity contribution in [2.45, 2.75) is 119 Å². The Labute approximate surface area is 241 Å². The molecule has 0 aromatic heterocycles. The van der Waals surface area contributed by atoms with Crippen LogP contribution in [-0.4, -0.2) is 0 Å². The first-order chi connectivity index (χ1) is 17.7.